The van der Waals surface area contributed by atoms with Crippen LogP contribution in [0.4, 0.5) is 0 Å². The lowest BCUT2D eigenvalue weighted by atomic mass is 10.0. The van der Waals surface area contributed by atoms with E-state index in [9.17, 15) is 9.59 Å². The number of nitrogens with zero attached hydrogens (tertiary/aromatic N) is 3. The van der Waals surface area contributed by atoms with Crippen LogP contribution in [-0.4, -0.2) is 52.8 Å². The smallest absolute Gasteiger partial charge is 0.255 e. The molecule has 2 aromatic carbocycles. The molecule has 1 atom stereocenters. The van der Waals surface area contributed by atoms with Crippen molar-refractivity contribution in [2.24, 2.45) is 0 Å². The number of nitrogens with one attached hydrogen (secondary N) is 1. The zero-order valence-corrected chi connectivity index (χ0v) is 18.4. The number of hydrogen-bond donors (Lipinski definition) is 1. The van der Waals surface area contributed by atoms with Crippen LogP contribution in [0, 0.1) is 0 Å². The van der Waals surface area contributed by atoms with Gasteiger partial charge in [0, 0.05) is 45.1 Å². The summed E-state index contributed by atoms with van der Waals surface area (Å²) in [5.74, 6) is -0.154. The largest absolute Gasteiger partial charge is 0.350 e. The standard InChI is InChI=1S/C25H25ClN4O2/c26-22-18-27-12-11-21(22)25(32)30-15-13-29(14-16-30)23(20-9-5-2-6-10-20)24(31)28-17-19-7-3-1-4-8-19/h1-12,18,23H,13-17H2,(H,28,31)/t23-/m1/s1. The number of piperazine rings is 1. The summed E-state index contributed by atoms with van der Waals surface area (Å²) < 4.78 is 0. The zero-order valence-electron chi connectivity index (χ0n) is 17.7. The number of aromatic nitrogens is 1. The van der Waals surface area contributed by atoms with Gasteiger partial charge in [-0.25, -0.2) is 0 Å². The molecule has 164 valence electrons. The molecular formula is C25H25ClN4O2. The van der Waals surface area contributed by atoms with E-state index in [4.69, 9.17) is 11.6 Å². The van der Waals surface area contributed by atoms with Gasteiger partial charge in [-0.1, -0.05) is 72.3 Å². The Hall–Kier alpha value is -3.22. The molecule has 0 bridgehead atoms. The maximum absolute atomic E-state index is 13.2. The number of hydrogen-bond acceptors (Lipinski definition) is 4. The van der Waals surface area contributed by atoms with E-state index in [1.54, 1.807) is 17.2 Å². The number of carbonyl (C=O) groups excluding carboxylic acids is 2. The summed E-state index contributed by atoms with van der Waals surface area (Å²) in [6.45, 7) is 2.70. The molecule has 0 radical (unpaired) electrons. The molecular weight excluding hydrogens is 424 g/mol. The highest BCUT2D eigenvalue weighted by atomic mass is 35.5. The minimum atomic E-state index is -0.415. The van der Waals surface area contributed by atoms with Crippen LogP contribution in [-0.2, 0) is 11.3 Å². The summed E-state index contributed by atoms with van der Waals surface area (Å²) in [7, 11) is 0. The van der Waals surface area contributed by atoms with Gasteiger partial charge in [0.2, 0.25) is 5.91 Å². The van der Waals surface area contributed by atoms with Gasteiger partial charge >= 0.3 is 0 Å². The first-order valence-corrected chi connectivity index (χ1v) is 11.0. The van der Waals surface area contributed by atoms with Crippen molar-refractivity contribution in [1.82, 2.24) is 20.1 Å². The van der Waals surface area contributed by atoms with Crippen LogP contribution in [0.1, 0.15) is 27.5 Å². The molecule has 0 aliphatic carbocycles. The highest BCUT2D eigenvalue weighted by Gasteiger charge is 2.32. The summed E-state index contributed by atoms with van der Waals surface area (Å²) in [6.07, 6.45) is 3.05. The van der Waals surface area contributed by atoms with Crippen molar-refractivity contribution in [1.29, 1.82) is 0 Å². The quantitative estimate of drug-likeness (QED) is 0.626. The van der Waals surface area contributed by atoms with Crippen molar-refractivity contribution in [2.75, 3.05) is 26.2 Å². The van der Waals surface area contributed by atoms with Crippen molar-refractivity contribution in [2.45, 2.75) is 12.6 Å². The molecule has 2 heterocycles. The van der Waals surface area contributed by atoms with Crippen LogP contribution >= 0.6 is 11.6 Å². The van der Waals surface area contributed by atoms with Crippen LogP contribution < -0.4 is 5.32 Å². The Balaban J connectivity index is 1.45. The number of pyridine rings is 1. The molecule has 3 aromatic rings. The number of benzene rings is 2. The maximum Gasteiger partial charge on any atom is 0.255 e. The van der Waals surface area contributed by atoms with Crippen molar-refractivity contribution >= 4 is 23.4 Å². The second kappa shape index (κ2) is 10.4. The molecule has 0 spiro atoms. The van der Waals surface area contributed by atoms with E-state index in [2.05, 4.69) is 15.2 Å². The SMILES string of the molecule is O=C(NCc1ccccc1)[C@@H](c1ccccc1)N1CCN(C(=O)c2ccncc2Cl)CC1. The predicted octanol–water partition coefficient (Wildman–Crippen LogP) is 3.55. The Morgan fingerprint density at radius 2 is 1.59 bits per heavy atom. The van der Waals surface area contributed by atoms with E-state index in [0.29, 0.717) is 43.3 Å². The van der Waals surface area contributed by atoms with Gasteiger partial charge in [0.25, 0.3) is 5.91 Å². The normalized spacial score (nSPS) is 15.2. The molecule has 1 saturated heterocycles. The van der Waals surface area contributed by atoms with E-state index in [1.807, 2.05) is 60.7 Å². The molecule has 4 rings (SSSR count). The second-order valence-electron chi connectivity index (χ2n) is 7.70. The summed E-state index contributed by atoms with van der Waals surface area (Å²) in [4.78, 5) is 34.0. The van der Waals surface area contributed by atoms with E-state index in [1.165, 1.54) is 6.20 Å². The lowest BCUT2D eigenvalue weighted by Gasteiger charge is -2.39. The molecule has 1 aliphatic heterocycles. The summed E-state index contributed by atoms with van der Waals surface area (Å²) in [6, 6.07) is 20.9. The average molecular weight is 449 g/mol. The van der Waals surface area contributed by atoms with Gasteiger partial charge in [-0.05, 0) is 17.2 Å². The van der Waals surface area contributed by atoms with Crippen molar-refractivity contribution in [3.05, 3.63) is 101 Å². The minimum Gasteiger partial charge on any atom is -0.350 e. The molecule has 32 heavy (non-hydrogen) atoms. The Labute approximate surface area is 192 Å². The number of rotatable bonds is 6. The average Bonchev–Trinajstić information content (AvgIpc) is 2.84. The lowest BCUT2D eigenvalue weighted by molar-refractivity contribution is -0.127. The van der Waals surface area contributed by atoms with Crippen LogP contribution in [0.5, 0.6) is 0 Å². The molecule has 0 unspecified atom stereocenters. The molecule has 1 aliphatic rings. The third-order valence-corrected chi connectivity index (χ3v) is 5.94. The molecule has 1 N–H and O–H groups in total. The topological polar surface area (TPSA) is 65.5 Å². The second-order valence-corrected chi connectivity index (χ2v) is 8.11. The van der Waals surface area contributed by atoms with Crippen LogP contribution in [0.3, 0.4) is 0 Å². The molecule has 1 aromatic heterocycles. The third-order valence-electron chi connectivity index (χ3n) is 5.64. The first-order valence-electron chi connectivity index (χ1n) is 10.6. The fourth-order valence-corrected chi connectivity index (χ4v) is 4.15. The van der Waals surface area contributed by atoms with Crippen LogP contribution in [0.25, 0.3) is 0 Å². The van der Waals surface area contributed by atoms with Gasteiger partial charge < -0.3 is 10.2 Å². The summed E-state index contributed by atoms with van der Waals surface area (Å²) >= 11 is 6.15. The fraction of sp³-hybridized carbons (Fsp3) is 0.240. The van der Waals surface area contributed by atoms with Crippen LogP contribution in [0.15, 0.2) is 79.1 Å². The molecule has 6 nitrogen and oxygen atoms in total. The van der Waals surface area contributed by atoms with Gasteiger partial charge in [0.15, 0.2) is 0 Å². The van der Waals surface area contributed by atoms with E-state index in [-0.39, 0.29) is 11.8 Å². The Bertz CT molecular complexity index is 1050. The lowest BCUT2D eigenvalue weighted by Crippen LogP contribution is -2.52. The highest BCUT2D eigenvalue weighted by Crippen LogP contribution is 2.24. The third kappa shape index (κ3) is 5.15. The summed E-state index contributed by atoms with van der Waals surface area (Å²) in [5, 5.41) is 3.43. The Morgan fingerprint density at radius 3 is 2.25 bits per heavy atom. The van der Waals surface area contributed by atoms with E-state index >= 15 is 0 Å². The van der Waals surface area contributed by atoms with Gasteiger partial charge in [-0.15, -0.1) is 0 Å². The van der Waals surface area contributed by atoms with Gasteiger partial charge in [-0.3, -0.25) is 19.5 Å². The maximum atomic E-state index is 13.2. The van der Waals surface area contributed by atoms with Crippen molar-refractivity contribution < 1.29 is 9.59 Å². The first-order chi connectivity index (χ1) is 15.6. The van der Waals surface area contributed by atoms with Crippen molar-refractivity contribution in [3.8, 4) is 0 Å². The first kappa shape index (κ1) is 22.0. The number of halogens is 1. The monoisotopic (exact) mass is 448 g/mol. The summed E-state index contributed by atoms with van der Waals surface area (Å²) in [5.41, 5.74) is 2.45. The van der Waals surface area contributed by atoms with Crippen molar-refractivity contribution in [3.63, 3.8) is 0 Å². The number of amides is 2. The highest BCUT2D eigenvalue weighted by molar-refractivity contribution is 6.33. The predicted molar refractivity (Wildman–Crippen MR) is 124 cm³/mol. The minimum absolute atomic E-state index is 0.0444. The van der Waals surface area contributed by atoms with Gasteiger partial charge in [0.1, 0.15) is 6.04 Å². The molecule has 7 heteroatoms. The molecule has 2 amide bonds. The Morgan fingerprint density at radius 1 is 0.938 bits per heavy atom. The molecule has 0 saturated carbocycles. The van der Waals surface area contributed by atoms with Crippen LogP contribution in [0.2, 0.25) is 5.02 Å². The Kier molecular flexibility index (Phi) is 7.14. The zero-order chi connectivity index (χ0) is 22.3. The number of carbonyl (C=O) groups is 2. The van der Waals surface area contributed by atoms with E-state index < -0.39 is 6.04 Å². The van der Waals surface area contributed by atoms with E-state index in [0.717, 1.165) is 11.1 Å². The van der Waals surface area contributed by atoms with Gasteiger partial charge in [0.05, 0.1) is 10.6 Å². The van der Waals surface area contributed by atoms with Gasteiger partial charge in [-0.2, -0.15) is 0 Å². The fourth-order valence-electron chi connectivity index (χ4n) is 3.95. The molecule has 1 fully saturated rings.